The molecule has 2 heterocycles. The lowest BCUT2D eigenvalue weighted by molar-refractivity contribution is -0.00000862. The summed E-state index contributed by atoms with van der Waals surface area (Å²) in [7, 11) is 0. The van der Waals surface area contributed by atoms with E-state index >= 15 is 0 Å². The van der Waals surface area contributed by atoms with E-state index in [1.807, 2.05) is 66.7 Å². The van der Waals surface area contributed by atoms with Gasteiger partial charge in [-0.05, 0) is 47.2 Å². The number of aromatic nitrogens is 4. The molecule has 0 amide bonds. The van der Waals surface area contributed by atoms with E-state index in [9.17, 15) is 5.11 Å². The fraction of sp³-hybridized carbons (Fsp3) is 0.227. The number of para-hydroxylation sites is 1. The highest BCUT2D eigenvalue weighted by Gasteiger charge is 2.09. The van der Waals surface area contributed by atoms with E-state index in [0.717, 1.165) is 45.8 Å². The van der Waals surface area contributed by atoms with Crippen molar-refractivity contribution in [2.75, 3.05) is 12.3 Å². The van der Waals surface area contributed by atoms with Gasteiger partial charge in [0.25, 0.3) is 0 Å². The smallest absolute Gasteiger partial charge is 0.214 e. The normalized spacial score (nSPS) is 11.8. The van der Waals surface area contributed by atoms with Gasteiger partial charge in [-0.2, -0.15) is 4.68 Å². The van der Waals surface area contributed by atoms with E-state index in [0.29, 0.717) is 6.54 Å². The van der Waals surface area contributed by atoms with Crippen LogP contribution in [0.3, 0.4) is 0 Å². The Morgan fingerprint density at radius 2 is 1.84 bits per heavy atom. The number of hydrogen-bond donors (Lipinski definition) is 2. The predicted molar refractivity (Wildman–Crippen MR) is 116 cm³/mol. The quantitative estimate of drug-likeness (QED) is 0.285. The summed E-state index contributed by atoms with van der Waals surface area (Å²) in [6, 6.07) is 21.6. The average Bonchev–Trinajstić information content (AvgIpc) is 3.44. The van der Waals surface area contributed by atoms with Crippen LogP contribution < -0.4 is 17.7 Å². The maximum Gasteiger partial charge on any atom is 0.214 e. The van der Waals surface area contributed by atoms with Crippen molar-refractivity contribution in [3.05, 3.63) is 78.1 Å². The molecule has 0 radical (unpaired) electrons. The van der Waals surface area contributed by atoms with Crippen LogP contribution in [0, 0.1) is 0 Å². The Kier molecular flexibility index (Phi) is 8.25. The monoisotopic (exact) mass is 456 g/mol. The Balaban J connectivity index is 0.00000272. The summed E-state index contributed by atoms with van der Waals surface area (Å²) in [6.07, 6.45) is -0.467. The van der Waals surface area contributed by atoms with Crippen molar-refractivity contribution in [1.29, 1.82) is 0 Å². The van der Waals surface area contributed by atoms with Gasteiger partial charge in [-0.25, -0.2) is 0 Å². The first-order chi connectivity index (χ1) is 14.7. The van der Waals surface area contributed by atoms with Gasteiger partial charge in [0.05, 0.1) is 18.3 Å². The number of rotatable bonds is 9. The van der Waals surface area contributed by atoms with Gasteiger partial charge in [0.15, 0.2) is 0 Å². The number of hydrogen-bond acceptors (Lipinski definition) is 7. The number of nitrogens with zero attached hydrogens (tertiary/aromatic N) is 4. The molecule has 2 N–H and O–H groups in total. The minimum absolute atomic E-state index is 0. The highest BCUT2D eigenvalue weighted by molar-refractivity contribution is 7.99. The summed E-state index contributed by atoms with van der Waals surface area (Å²) in [5, 5.41) is 25.7. The minimum atomic E-state index is -0.467. The molecule has 4 aromatic rings. The molecule has 0 spiro atoms. The van der Waals surface area contributed by atoms with Gasteiger partial charge in [-0.3, -0.25) is 0 Å². The van der Waals surface area contributed by atoms with E-state index < -0.39 is 6.10 Å². The lowest BCUT2D eigenvalue weighted by Gasteiger charge is -2.05. The molecule has 1 atom stereocenters. The fourth-order valence-electron chi connectivity index (χ4n) is 2.98. The Labute approximate surface area is 191 Å². The fourth-order valence-corrected chi connectivity index (χ4v) is 3.77. The summed E-state index contributed by atoms with van der Waals surface area (Å²) in [5.74, 6) is 2.53. The van der Waals surface area contributed by atoms with E-state index in [-0.39, 0.29) is 12.4 Å². The zero-order valence-corrected chi connectivity index (χ0v) is 18.6. The number of nitrogens with one attached hydrogen (secondary N) is 1. The Bertz CT molecular complexity index is 1070. The molecule has 1 unspecified atom stereocenters. The second-order valence-electron chi connectivity index (χ2n) is 6.80. The van der Waals surface area contributed by atoms with Crippen molar-refractivity contribution in [2.45, 2.75) is 24.7 Å². The molecular formula is C22H23ClN5O2S-. The molecule has 4 rings (SSSR count). The van der Waals surface area contributed by atoms with Crippen LogP contribution in [0.1, 0.15) is 24.4 Å². The number of benzene rings is 2. The SMILES string of the molecule is CC(O)c1ccc(-c2ccc(CNCCSc3nnnn3-c3ccccc3)o2)cc1.[Cl-]. The van der Waals surface area contributed by atoms with Gasteiger partial charge in [0, 0.05) is 17.9 Å². The first kappa shape index (κ1) is 23.0. The number of tetrazole rings is 1. The second kappa shape index (κ2) is 11.1. The Hall–Kier alpha value is -2.65. The minimum Gasteiger partial charge on any atom is -1.00 e. The molecule has 9 heteroatoms. The molecule has 0 bridgehead atoms. The zero-order valence-electron chi connectivity index (χ0n) is 17.0. The molecule has 162 valence electrons. The van der Waals surface area contributed by atoms with Gasteiger partial charge in [-0.15, -0.1) is 5.10 Å². The van der Waals surface area contributed by atoms with Crippen molar-refractivity contribution in [1.82, 2.24) is 25.5 Å². The van der Waals surface area contributed by atoms with Crippen molar-refractivity contribution < 1.29 is 21.9 Å². The first-order valence-electron chi connectivity index (χ1n) is 9.75. The third kappa shape index (κ3) is 5.95. The van der Waals surface area contributed by atoms with E-state index in [1.165, 1.54) is 0 Å². The van der Waals surface area contributed by atoms with Crippen LogP contribution in [-0.4, -0.2) is 37.6 Å². The summed E-state index contributed by atoms with van der Waals surface area (Å²) in [4.78, 5) is 0. The predicted octanol–water partition coefficient (Wildman–Crippen LogP) is 0.861. The standard InChI is InChI=1S/C22H23N5O2S.ClH/c1-16(28)17-7-9-18(10-8-17)21-12-11-20(29-21)15-23-13-14-30-22-24-25-26-27(22)19-5-3-2-4-6-19;/h2-12,16,23,28H,13-15H2,1H3;1H/p-1. The van der Waals surface area contributed by atoms with Crippen LogP contribution in [0.2, 0.25) is 0 Å². The third-order valence-corrected chi connectivity index (χ3v) is 5.51. The summed E-state index contributed by atoms with van der Waals surface area (Å²) in [6.45, 7) is 3.20. The molecule has 0 aliphatic rings. The summed E-state index contributed by atoms with van der Waals surface area (Å²) >= 11 is 1.60. The molecular weight excluding hydrogens is 434 g/mol. The maximum absolute atomic E-state index is 9.62. The number of thioether (sulfide) groups is 1. The Morgan fingerprint density at radius 3 is 2.58 bits per heavy atom. The van der Waals surface area contributed by atoms with Crippen LogP contribution in [0.4, 0.5) is 0 Å². The molecule has 31 heavy (non-hydrogen) atoms. The molecule has 2 aromatic carbocycles. The van der Waals surface area contributed by atoms with Crippen molar-refractivity contribution in [3.8, 4) is 17.0 Å². The molecule has 0 aliphatic carbocycles. The van der Waals surface area contributed by atoms with Crippen LogP contribution in [-0.2, 0) is 6.54 Å². The molecule has 0 saturated heterocycles. The Morgan fingerprint density at radius 1 is 1.06 bits per heavy atom. The van der Waals surface area contributed by atoms with Crippen LogP contribution >= 0.6 is 11.8 Å². The van der Waals surface area contributed by atoms with Gasteiger partial charge in [0.2, 0.25) is 5.16 Å². The van der Waals surface area contributed by atoms with Gasteiger partial charge in [-0.1, -0.05) is 54.2 Å². The third-order valence-electron chi connectivity index (χ3n) is 4.59. The van der Waals surface area contributed by atoms with Crippen molar-refractivity contribution in [3.63, 3.8) is 0 Å². The highest BCUT2D eigenvalue weighted by atomic mass is 35.5. The zero-order chi connectivity index (χ0) is 20.8. The number of aliphatic hydroxyl groups excluding tert-OH is 1. The van der Waals surface area contributed by atoms with Gasteiger partial charge < -0.3 is 27.2 Å². The van der Waals surface area contributed by atoms with Crippen LogP contribution in [0.5, 0.6) is 0 Å². The van der Waals surface area contributed by atoms with Gasteiger partial charge in [0.1, 0.15) is 11.5 Å². The van der Waals surface area contributed by atoms with Crippen LogP contribution in [0.25, 0.3) is 17.0 Å². The topological polar surface area (TPSA) is 89.0 Å². The number of furan rings is 1. The second-order valence-corrected chi connectivity index (χ2v) is 7.86. The molecule has 0 aliphatic heterocycles. The number of aliphatic hydroxyl groups is 1. The van der Waals surface area contributed by atoms with Crippen molar-refractivity contribution >= 4 is 11.8 Å². The van der Waals surface area contributed by atoms with Gasteiger partial charge >= 0.3 is 0 Å². The molecule has 7 nitrogen and oxygen atoms in total. The summed E-state index contributed by atoms with van der Waals surface area (Å²) < 4.78 is 7.67. The van der Waals surface area contributed by atoms with Crippen LogP contribution in [0.15, 0.2) is 76.3 Å². The van der Waals surface area contributed by atoms with E-state index in [1.54, 1.807) is 23.4 Å². The lowest BCUT2D eigenvalue weighted by atomic mass is 10.1. The highest BCUT2D eigenvalue weighted by Crippen LogP contribution is 2.24. The maximum atomic E-state index is 9.62. The molecule has 2 aromatic heterocycles. The average molecular weight is 457 g/mol. The summed E-state index contributed by atoms with van der Waals surface area (Å²) in [5.41, 5.74) is 2.83. The van der Waals surface area contributed by atoms with E-state index in [4.69, 9.17) is 4.42 Å². The first-order valence-corrected chi connectivity index (χ1v) is 10.7. The molecule has 0 fully saturated rings. The molecule has 0 saturated carbocycles. The number of halogens is 1. The lowest BCUT2D eigenvalue weighted by Crippen LogP contribution is -3.00. The van der Waals surface area contributed by atoms with E-state index in [2.05, 4.69) is 20.8 Å². The van der Waals surface area contributed by atoms with Crippen molar-refractivity contribution in [2.24, 2.45) is 0 Å². The largest absolute Gasteiger partial charge is 1.00 e.